The molecule has 2 aromatic heterocycles. The number of benzene rings is 8. The van der Waals surface area contributed by atoms with Crippen LogP contribution in [0.1, 0.15) is 33.4 Å². The lowest BCUT2D eigenvalue weighted by atomic mass is 9.58. The molecule has 0 radical (unpaired) electrons. The molecule has 12 rings (SSSR count). The largest absolute Gasteiger partial charge is 0.457 e. The van der Waals surface area contributed by atoms with E-state index in [1.54, 1.807) is 0 Å². The molecular formula is C50H32N2O. The third kappa shape index (κ3) is 3.78. The van der Waals surface area contributed by atoms with Crippen LogP contribution >= 0.6 is 0 Å². The minimum atomic E-state index is -0.627. The first kappa shape index (κ1) is 28.8. The summed E-state index contributed by atoms with van der Waals surface area (Å²) in [4.78, 5) is 0. The fourth-order valence-corrected chi connectivity index (χ4v) is 9.74. The Morgan fingerprint density at radius 3 is 1.13 bits per heavy atom. The van der Waals surface area contributed by atoms with Gasteiger partial charge in [-0.3, -0.25) is 0 Å². The van der Waals surface area contributed by atoms with Crippen molar-refractivity contribution in [1.82, 2.24) is 9.13 Å². The van der Waals surface area contributed by atoms with Crippen molar-refractivity contribution in [3.8, 4) is 22.9 Å². The molecule has 0 fully saturated rings. The summed E-state index contributed by atoms with van der Waals surface area (Å²) in [7, 11) is 0. The SMILES string of the molecule is c1ccc2c(c1)Oc1ccccc1C21c2cc(-n3c4ccccc4c4ccccc43)ccc2Cc2ccc(-n3c4ccccc4c4ccccc43)cc21. The number of para-hydroxylation sites is 6. The first-order valence-corrected chi connectivity index (χ1v) is 18.4. The number of hydrogen-bond donors (Lipinski definition) is 0. The van der Waals surface area contributed by atoms with E-state index in [4.69, 9.17) is 4.74 Å². The van der Waals surface area contributed by atoms with E-state index in [1.165, 1.54) is 77.0 Å². The van der Waals surface area contributed by atoms with Gasteiger partial charge in [-0.1, -0.05) is 121 Å². The van der Waals surface area contributed by atoms with Crippen LogP contribution in [-0.4, -0.2) is 9.13 Å². The standard InChI is InChI=1S/C50H32N2O/c1-7-19-44-36(13-1)37-14-2-8-20-45(37)51(44)34-27-25-32-29-33-26-28-35(52-46-21-9-3-15-38(46)39-16-4-10-22-47(39)52)31-43(33)50(42(32)30-34)40-17-5-11-23-48(40)53-49-24-12-6-18-41(49)50/h1-28,30-31H,29H2. The predicted molar refractivity (Wildman–Crippen MR) is 216 cm³/mol. The topological polar surface area (TPSA) is 19.1 Å². The zero-order chi connectivity index (χ0) is 34.7. The number of rotatable bonds is 2. The number of aromatic nitrogens is 2. The molecule has 8 aromatic carbocycles. The molecule has 0 atom stereocenters. The molecule has 1 spiro atoms. The van der Waals surface area contributed by atoms with Crippen LogP contribution in [0, 0.1) is 0 Å². The normalized spacial score (nSPS) is 13.9. The average Bonchev–Trinajstić information content (AvgIpc) is 3.74. The van der Waals surface area contributed by atoms with Crippen molar-refractivity contribution in [2.45, 2.75) is 11.8 Å². The molecule has 0 saturated heterocycles. The Balaban J connectivity index is 1.21. The molecule has 1 aliphatic heterocycles. The monoisotopic (exact) mass is 676 g/mol. The van der Waals surface area contributed by atoms with Crippen molar-refractivity contribution in [2.75, 3.05) is 0 Å². The number of hydrogen-bond acceptors (Lipinski definition) is 1. The summed E-state index contributed by atoms with van der Waals surface area (Å²) in [6, 6.07) is 66.8. The molecule has 3 heterocycles. The van der Waals surface area contributed by atoms with Crippen LogP contribution in [0.4, 0.5) is 0 Å². The van der Waals surface area contributed by atoms with Gasteiger partial charge in [0.15, 0.2) is 0 Å². The van der Waals surface area contributed by atoms with E-state index in [9.17, 15) is 0 Å². The van der Waals surface area contributed by atoms with Crippen molar-refractivity contribution in [3.05, 3.63) is 215 Å². The van der Waals surface area contributed by atoms with Crippen LogP contribution in [0.15, 0.2) is 182 Å². The molecule has 53 heavy (non-hydrogen) atoms. The molecule has 0 unspecified atom stereocenters. The minimum Gasteiger partial charge on any atom is -0.457 e. The quantitative estimate of drug-likeness (QED) is 0.178. The summed E-state index contributed by atoms with van der Waals surface area (Å²) >= 11 is 0. The Morgan fingerprint density at radius 1 is 0.358 bits per heavy atom. The van der Waals surface area contributed by atoms with Crippen molar-refractivity contribution >= 4 is 43.6 Å². The highest BCUT2D eigenvalue weighted by atomic mass is 16.5. The fourth-order valence-electron chi connectivity index (χ4n) is 9.74. The van der Waals surface area contributed by atoms with Gasteiger partial charge >= 0.3 is 0 Å². The molecule has 3 heteroatoms. The Labute approximate surface area is 306 Å². The summed E-state index contributed by atoms with van der Waals surface area (Å²) in [6.07, 6.45) is 0.846. The summed E-state index contributed by atoms with van der Waals surface area (Å²) in [5, 5.41) is 5.05. The molecule has 10 aromatic rings. The van der Waals surface area contributed by atoms with E-state index >= 15 is 0 Å². The molecule has 0 bridgehead atoms. The van der Waals surface area contributed by atoms with E-state index in [0.29, 0.717) is 0 Å². The van der Waals surface area contributed by atoms with E-state index < -0.39 is 5.41 Å². The third-order valence-electron chi connectivity index (χ3n) is 11.9. The first-order chi connectivity index (χ1) is 26.3. The molecular weight excluding hydrogens is 645 g/mol. The zero-order valence-electron chi connectivity index (χ0n) is 28.8. The molecule has 0 N–H and O–H groups in total. The van der Waals surface area contributed by atoms with Gasteiger partial charge in [0.1, 0.15) is 11.5 Å². The summed E-state index contributed by atoms with van der Waals surface area (Å²) in [5.41, 5.74) is 14.1. The van der Waals surface area contributed by atoms with Crippen LogP contribution in [-0.2, 0) is 11.8 Å². The Bertz CT molecular complexity index is 2820. The van der Waals surface area contributed by atoms with E-state index in [0.717, 1.165) is 29.3 Å². The molecule has 248 valence electrons. The van der Waals surface area contributed by atoms with Crippen LogP contribution in [0.5, 0.6) is 11.5 Å². The lowest BCUT2D eigenvalue weighted by Gasteiger charge is -2.46. The van der Waals surface area contributed by atoms with E-state index in [1.807, 2.05) is 0 Å². The van der Waals surface area contributed by atoms with Crippen LogP contribution in [0.3, 0.4) is 0 Å². The molecule has 3 nitrogen and oxygen atoms in total. The molecule has 1 aliphatic carbocycles. The first-order valence-electron chi connectivity index (χ1n) is 18.4. The van der Waals surface area contributed by atoms with Gasteiger partial charge in [-0.05, 0) is 89.3 Å². The van der Waals surface area contributed by atoms with Gasteiger partial charge in [0.05, 0.1) is 27.5 Å². The minimum absolute atomic E-state index is 0.627. The van der Waals surface area contributed by atoms with Crippen molar-refractivity contribution in [2.24, 2.45) is 0 Å². The van der Waals surface area contributed by atoms with Gasteiger partial charge in [0.2, 0.25) is 0 Å². The van der Waals surface area contributed by atoms with Crippen molar-refractivity contribution in [1.29, 1.82) is 0 Å². The fraction of sp³-hybridized carbons (Fsp3) is 0.0400. The van der Waals surface area contributed by atoms with Gasteiger partial charge in [-0.2, -0.15) is 0 Å². The van der Waals surface area contributed by atoms with Crippen LogP contribution in [0.2, 0.25) is 0 Å². The van der Waals surface area contributed by atoms with Gasteiger partial charge in [0.25, 0.3) is 0 Å². The smallest absolute Gasteiger partial charge is 0.132 e. The number of fused-ring (bicyclic) bond motifs is 14. The highest BCUT2D eigenvalue weighted by Gasteiger charge is 2.49. The average molecular weight is 677 g/mol. The maximum atomic E-state index is 6.76. The van der Waals surface area contributed by atoms with Crippen LogP contribution in [0.25, 0.3) is 55.0 Å². The highest BCUT2D eigenvalue weighted by molar-refractivity contribution is 6.10. The van der Waals surface area contributed by atoms with Crippen molar-refractivity contribution < 1.29 is 4.74 Å². The summed E-state index contributed by atoms with van der Waals surface area (Å²) < 4.78 is 11.6. The lowest BCUT2D eigenvalue weighted by molar-refractivity contribution is 0.432. The Morgan fingerprint density at radius 2 is 0.717 bits per heavy atom. The number of ether oxygens (including phenoxy) is 1. The maximum Gasteiger partial charge on any atom is 0.132 e. The van der Waals surface area contributed by atoms with Crippen molar-refractivity contribution in [3.63, 3.8) is 0 Å². The van der Waals surface area contributed by atoms with Gasteiger partial charge in [0, 0.05) is 44.0 Å². The second kappa shape index (κ2) is 10.6. The Kier molecular flexibility index (Phi) is 5.76. The predicted octanol–water partition coefficient (Wildman–Crippen LogP) is 12.3. The van der Waals surface area contributed by atoms with E-state index in [-0.39, 0.29) is 0 Å². The Hall–Kier alpha value is -6.84. The molecule has 2 aliphatic rings. The van der Waals surface area contributed by atoms with Gasteiger partial charge < -0.3 is 13.9 Å². The van der Waals surface area contributed by atoms with Crippen LogP contribution < -0.4 is 4.74 Å². The second-order valence-electron chi connectivity index (χ2n) is 14.4. The summed E-state index contributed by atoms with van der Waals surface area (Å²) in [5.74, 6) is 1.80. The zero-order valence-corrected chi connectivity index (χ0v) is 28.8. The highest BCUT2D eigenvalue weighted by Crippen LogP contribution is 2.59. The summed E-state index contributed by atoms with van der Waals surface area (Å²) in [6.45, 7) is 0. The number of nitrogens with zero attached hydrogens (tertiary/aromatic N) is 2. The maximum absolute atomic E-state index is 6.76. The molecule has 0 saturated carbocycles. The molecule has 0 amide bonds. The van der Waals surface area contributed by atoms with Gasteiger partial charge in [-0.25, -0.2) is 0 Å². The van der Waals surface area contributed by atoms with E-state index in [2.05, 4.69) is 191 Å². The lowest BCUT2D eigenvalue weighted by Crippen LogP contribution is -2.38. The third-order valence-corrected chi connectivity index (χ3v) is 11.9. The van der Waals surface area contributed by atoms with Gasteiger partial charge in [-0.15, -0.1) is 0 Å². The second-order valence-corrected chi connectivity index (χ2v) is 14.4.